The summed E-state index contributed by atoms with van der Waals surface area (Å²) in [4.78, 5) is 25.1. The minimum atomic E-state index is -0.859. The highest BCUT2D eigenvalue weighted by atomic mass is 16.4. The molecule has 1 aliphatic carbocycles. The second-order valence-corrected chi connectivity index (χ2v) is 5.30. The summed E-state index contributed by atoms with van der Waals surface area (Å²) in [7, 11) is 0. The van der Waals surface area contributed by atoms with Crippen molar-refractivity contribution in [3.05, 3.63) is 35.4 Å². The van der Waals surface area contributed by atoms with Gasteiger partial charge >= 0.3 is 5.97 Å². The van der Waals surface area contributed by atoms with Crippen LogP contribution in [0.5, 0.6) is 0 Å². The Bertz CT molecular complexity index is 494. The van der Waals surface area contributed by atoms with Crippen LogP contribution in [0.2, 0.25) is 0 Å². The number of carbonyl (C=O) groups is 2. The van der Waals surface area contributed by atoms with Crippen molar-refractivity contribution in [1.29, 1.82) is 0 Å². The van der Waals surface area contributed by atoms with Crippen LogP contribution in [0, 0.1) is 12.8 Å². The average Bonchev–Trinajstić information content (AvgIpc) is 3.19. The molecule has 0 aliphatic heterocycles. The van der Waals surface area contributed by atoms with Gasteiger partial charge in [0.15, 0.2) is 0 Å². The fourth-order valence-electron chi connectivity index (χ4n) is 2.10. The number of amides is 1. The third-order valence-electron chi connectivity index (χ3n) is 3.41. The number of carboxylic acid groups (broad SMARTS) is 1. The van der Waals surface area contributed by atoms with E-state index in [2.05, 4.69) is 0 Å². The Kier molecular flexibility index (Phi) is 3.88. The lowest BCUT2D eigenvalue weighted by atomic mass is 10.1. The Balaban J connectivity index is 2.15. The summed E-state index contributed by atoms with van der Waals surface area (Å²) >= 11 is 0. The highest BCUT2D eigenvalue weighted by Crippen LogP contribution is 2.29. The maximum atomic E-state index is 12.5. The SMILES string of the molecule is Cc1cccc(C(=O)N(CC(C)C(=O)O)C2CC2)c1. The number of carbonyl (C=O) groups excluding carboxylic acids is 1. The largest absolute Gasteiger partial charge is 0.481 e. The molecular formula is C15H19NO3. The Hall–Kier alpha value is -1.84. The number of hydrogen-bond donors (Lipinski definition) is 1. The van der Waals surface area contributed by atoms with Crippen molar-refractivity contribution in [3.63, 3.8) is 0 Å². The number of hydrogen-bond acceptors (Lipinski definition) is 2. The Labute approximate surface area is 113 Å². The van der Waals surface area contributed by atoms with E-state index >= 15 is 0 Å². The van der Waals surface area contributed by atoms with Gasteiger partial charge in [0.05, 0.1) is 5.92 Å². The molecule has 4 nitrogen and oxygen atoms in total. The molecule has 0 bridgehead atoms. The Morgan fingerprint density at radius 2 is 2.11 bits per heavy atom. The lowest BCUT2D eigenvalue weighted by Crippen LogP contribution is -2.38. The summed E-state index contributed by atoms with van der Waals surface area (Å²) in [5.41, 5.74) is 1.68. The van der Waals surface area contributed by atoms with E-state index in [1.165, 1.54) is 0 Å². The molecule has 0 radical (unpaired) electrons. The molecule has 2 rings (SSSR count). The summed E-state index contributed by atoms with van der Waals surface area (Å²) in [5.74, 6) is -1.45. The summed E-state index contributed by atoms with van der Waals surface area (Å²) in [6, 6.07) is 7.65. The van der Waals surface area contributed by atoms with Crippen molar-refractivity contribution >= 4 is 11.9 Å². The fraction of sp³-hybridized carbons (Fsp3) is 0.467. The van der Waals surface area contributed by atoms with E-state index in [4.69, 9.17) is 5.11 Å². The number of aliphatic carboxylic acids is 1. The van der Waals surface area contributed by atoms with Crippen molar-refractivity contribution in [2.75, 3.05) is 6.54 Å². The van der Waals surface area contributed by atoms with Crippen LogP contribution in [0.4, 0.5) is 0 Å². The van der Waals surface area contributed by atoms with Crippen LogP contribution in [-0.2, 0) is 4.79 Å². The second kappa shape index (κ2) is 5.43. The van der Waals surface area contributed by atoms with Gasteiger partial charge in [0.2, 0.25) is 0 Å². The number of nitrogens with zero attached hydrogens (tertiary/aromatic N) is 1. The van der Waals surface area contributed by atoms with Crippen molar-refractivity contribution in [3.8, 4) is 0 Å². The third-order valence-corrected chi connectivity index (χ3v) is 3.41. The van der Waals surface area contributed by atoms with Crippen LogP contribution in [0.1, 0.15) is 35.7 Å². The Morgan fingerprint density at radius 1 is 1.42 bits per heavy atom. The molecular weight excluding hydrogens is 242 g/mol. The maximum absolute atomic E-state index is 12.5. The first kappa shape index (κ1) is 13.6. The van der Waals surface area contributed by atoms with Crippen molar-refractivity contribution in [2.45, 2.75) is 32.7 Å². The highest BCUT2D eigenvalue weighted by molar-refractivity contribution is 5.95. The molecule has 1 aromatic carbocycles. The average molecular weight is 261 g/mol. The summed E-state index contributed by atoms with van der Waals surface area (Å²) in [6.07, 6.45) is 1.95. The quantitative estimate of drug-likeness (QED) is 0.885. The lowest BCUT2D eigenvalue weighted by Gasteiger charge is -2.24. The van der Waals surface area contributed by atoms with Crippen molar-refractivity contribution < 1.29 is 14.7 Å². The molecule has 1 N–H and O–H groups in total. The van der Waals surface area contributed by atoms with Crippen molar-refractivity contribution in [1.82, 2.24) is 4.90 Å². The van der Waals surface area contributed by atoms with E-state index in [9.17, 15) is 9.59 Å². The van der Waals surface area contributed by atoms with E-state index in [-0.39, 0.29) is 18.5 Å². The van der Waals surface area contributed by atoms with Gasteiger partial charge in [-0.25, -0.2) is 0 Å². The maximum Gasteiger partial charge on any atom is 0.308 e. The highest BCUT2D eigenvalue weighted by Gasteiger charge is 2.34. The fourth-order valence-corrected chi connectivity index (χ4v) is 2.10. The zero-order valence-corrected chi connectivity index (χ0v) is 11.3. The van der Waals surface area contributed by atoms with E-state index in [0.29, 0.717) is 5.56 Å². The molecule has 1 saturated carbocycles. The first-order valence-corrected chi connectivity index (χ1v) is 6.59. The number of benzene rings is 1. The van der Waals surface area contributed by atoms with Crippen LogP contribution in [0.3, 0.4) is 0 Å². The van der Waals surface area contributed by atoms with E-state index in [1.807, 2.05) is 25.1 Å². The lowest BCUT2D eigenvalue weighted by molar-refractivity contribution is -0.141. The molecule has 0 spiro atoms. The van der Waals surface area contributed by atoms with E-state index < -0.39 is 11.9 Å². The first-order valence-electron chi connectivity index (χ1n) is 6.59. The zero-order chi connectivity index (χ0) is 14.0. The van der Waals surface area contributed by atoms with Crippen LogP contribution in [0.15, 0.2) is 24.3 Å². The van der Waals surface area contributed by atoms with Crippen LogP contribution >= 0.6 is 0 Å². The molecule has 1 aromatic rings. The van der Waals surface area contributed by atoms with Gasteiger partial charge in [-0.3, -0.25) is 9.59 Å². The molecule has 1 atom stereocenters. The van der Waals surface area contributed by atoms with E-state index in [1.54, 1.807) is 17.9 Å². The predicted octanol–water partition coefficient (Wildman–Crippen LogP) is 2.32. The normalized spacial score (nSPS) is 15.9. The number of aryl methyl sites for hydroxylation is 1. The standard InChI is InChI=1S/C15H19NO3/c1-10-4-3-5-12(8-10)14(17)16(13-6-7-13)9-11(2)15(18)19/h3-5,8,11,13H,6-7,9H2,1-2H3,(H,18,19). The van der Waals surface area contributed by atoms with Crippen LogP contribution < -0.4 is 0 Å². The van der Waals surface area contributed by atoms with Gasteiger partial charge in [-0.05, 0) is 31.9 Å². The first-order chi connectivity index (χ1) is 8.99. The number of carboxylic acids is 1. The molecule has 1 aliphatic rings. The molecule has 1 amide bonds. The van der Waals surface area contributed by atoms with Crippen LogP contribution in [-0.4, -0.2) is 34.5 Å². The molecule has 19 heavy (non-hydrogen) atoms. The molecule has 102 valence electrons. The summed E-state index contributed by atoms with van der Waals surface area (Å²) in [5, 5.41) is 8.99. The van der Waals surface area contributed by atoms with Gasteiger partial charge in [-0.15, -0.1) is 0 Å². The molecule has 4 heteroatoms. The minimum absolute atomic E-state index is 0.0562. The van der Waals surface area contributed by atoms with Crippen LogP contribution in [0.25, 0.3) is 0 Å². The topological polar surface area (TPSA) is 57.6 Å². The Morgan fingerprint density at radius 3 is 2.63 bits per heavy atom. The molecule has 0 aromatic heterocycles. The van der Waals surface area contributed by atoms with Crippen molar-refractivity contribution in [2.24, 2.45) is 5.92 Å². The predicted molar refractivity (Wildman–Crippen MR) is 72.0 cm³/mol. The molecule has 1 unspecified atom stereocenters. The minimum Gasteiger partial charge on any atom is -0.481 e. The monoisotopic (exact) mass is 261 g/mol. The van der Waals surface area contributed by atoms with Gasteiger partial charge in [-0.1, -0.05) is 24.6 Å². The third kappa shape index (κ3) is 3.34. The zero-order valence-electron chi connectivity index (χ0n) is 11.3. The van der Waals surface area contributed by atoms with Gasteiger partial charge in [0.1, 0.15) is 0 Å². The number of rotatable bonds is 5. The van der Waals surface area contributed by atoms with E-state index in [0.717, 1.165) is 18.4 Å². The summed E-state index contributed by atoms with van der Waals surface area (Å²) < 4.78 is 0. The smallest absolute Gasteiger partial charge is 0.308 e. The molecule has 0 heterocycles. The van der Waals surface area contributed by atoms with Gasteiger partial charge in [0.25, 0.3) is 5.91 Å². The second-order valence-electron chi connectivity index (χ2n) is 5.30. The summed E-state index contributed by atoms with van der Waals surface area (Å²) in [6.45, 7) is 3.87. The molecule has 0 saturated heterocycles. The van der Waals surface area contributed by atoms with Gasteiger partial charge in [-0.2, -0.15) is 0 Å². The van der Waals surface area contributed by atoms with Gasteiger partial charge < -0.3 is 10.0 Å². The molecule has 1 fully saturated rings. The van der Waals surface area contributed by atoms with Gasteiger partial charge in [0, 0.05) is 18.2 Å².